The molecule has 214 valence electrons. The van der Waals surface area contributed by atoms with Crippen LogP contribution >= 0.6 is 11.6 Å². The molecule has 1 amide bonds. The third-order valence-corrected chi connectivity index (χ3v) is 8.88. The number of hydrogen-bond acceptors (Lipinski definition) is 7. The van der Waals surface area contributed by atoms with Crippen molar-refractivity contribution in [3.05, 3.63) is 112 Å². The topological polar surface area (TPSA) is 140 Å². The van der Waals surface area contributed by atoms with E-state index in [0.29, 0.717) is 32.7 Å². The Balaban J connectivity index is 1.53. The predicted molar refractivity (Wildman–Crippen MR) is 163 cm³/mol. The van der Waals surface area contributed by atoms with Gasteiger partial charge >= 0.3 is 0 Å². The van der Waals surface area contributed by atoms with Crippen molar-refractivity contribution in [2.45, 2.75) is 17.9 Å². The number of aromatic nitrogens is 3. The van der Waals surface area contributed by atoms with Crippen molar-refractivity contribution in [3.63, 3.8) is 0 Å². The second kappa shape index (κ2) is 11.4. The molecule has 1 atom stereocenters. The standard InChI is InChI=1S/C30H27ClN6O4S/c1-18(25-16-20-10-8-14-23(31)26(20)30(39)37(25)21-11-5-4-6-12-21)34-29(38)27-28(32)33-17-24(35-27)19-9-7-13-22(15-19)42(40,41)36(2)3/h4-18H,1-3H3,(H2,32,33)(H,34,38)/t18-/m0/s1. The van der Waals surface area contributed by atoms with Crippen molar-refractivity contribution >= 4 is 44.1 Å². The van der Waals surface area contributed by atoms with Crippen LogP contribution in [0.3, 0.4) is 0 Å². The third kappa shape index (κ3) is 5.37. The summed E-state index contributed by atoms with van der Waals surface area (Å²) in [5.74, 6) is -0.726. The van der Waals surface area contributed by atoms with Gasteiger partial charge in [0.25, 0.3) is 11.5 Å². The van der Waals surface area contributed by atoms with Gasteiger partial charge in [-0.15, -0.1) is 0 Å². The molecule has 0 radical (unpaired) electrons. The first-order valence-electron chi connectivity index (χ1n) is 12.8. The molecule has 3 N–H and O–H groups in total. The lowest BCUT2D eigenvalue weighted by Crippen LogP contribution is -2.33. The van der Waals surface area contributed by atoms with Crippen LogP contribution in [0.5, 0.6) is 0 Å². The Morgan fingerprint density at radius 3 is 2.45 bits per heavy atom. The van der Waals surface area contributed by atoms with Crippen LogP contribution in [0.15, 0.2) is 94.7 Å². The number of nitrogens with one attached hydrogen (secondary N) is 1. The maximum absolute atomic E-state index is 13.7. The number of sulfonamides is 1. The summed E-state index contributed by atoms with van der Waals surface area (Å²) >= 11 is 6.40. The molecule has 0 aliphatic rings. The van der Waals surface area contributed by atoms with Gasteiger partial charge < -0.3 is 11.1 Å². The zero-order valence-electron chi connectivity index (χ0n) is 22.9. The normalized spacial score (nSPS) is 12.4. The van der Waals surface area contributed by atoms with Gasteiger partial charge in [-0.3, -0.25) is 14.2 Å². The molecule has 0 aliphatic carbocycles. The highest BCUT2D eigenvalue weighted by Gasteiger charge is 2.23. The predicted octanol–water partition coefficient (Wildman–Crippen LogP) is 4.42. The quantitative estimate of drug-likeness (QED) is 0.281. The van der Waals surface area contributed by atoms with E-state index in [4.69, 9.17) is 17.3 Å². The molecule has 0 aliphatic heterocycles. The van der Waals surface area contributed by atoms with E-state index in [-0.39, 0.29) is 27.7 Å². The molecule has 12 heteroatoms. The van der Waals surface area contributed by atoms with Gasteiger partial charge in [-0.25, -0.2) is 22.7 Å². The van der Waals surface area contributed by atoms with Crippen LogP contribution < -0.4 is 16.6 Å². The average Bonchev–Trinajstić information content (AvgIpc) is 2.97. The number of halogens is 1. The van der Waals surface area contributed by atoms with Gasteiger partial charge in [-0.1, -0.05) is 54.1 Å². The number of rotatable bonds is 7. The molecule has 0 fully saturated rings. The SMILES string of the molecule is C[C@H](NC(=O)c1nc(-c2cccc(S(=O)(=O)N(C)C)c2)cnc1N)c1cc2cccc(Cl)c2c(=O)n1-c1ccccc1. The van der Waals surface area contributed by atoms with E-state index in [0.717, 1.165) is 4.31 Å². The van der Waals surface area contributed by atoms with Crippen molar-refractivity contribution in [1.82, 2.24) is 24.2 Å². The van der Waals surface area contributed by atoms with Gasteiger partial charge in [0, 0.05) is 31.0 Å². The summed E-state index contributed by atoms with van der Waals surface area (Å²) < 4.78 is 27.9. The lowest BCUT2D eigenvalue weighted by molar-refractivity contribution is 0.0934. The number of anilines is 1. The molecule has 5 rings (SSSR count). The minimum absolute atomic E-state index is 0.0681. The maximum Gasteiger partial charge on any atom is 0.274 e. The number of hydrogen-bond donors (Lipinski definition) is 2. The van der Waals surface area contributed by atoms with Crippen LogP contribution in [-0.2, 0) is 10.0 Å². The van der Waals surface area contributed by atoms with Gasteiger partial charge in [-0.2, -0.15) is 0 Å². The number of carbonyl (C=O) groups is 1. The maximum atomic E-state index is 13.7. The Morgan fingerprint density at radius 1 is 1.02 bits per heavy atom. The molecule has 10 nitrogen and oxygen atoms in total. The van der Waals surface area contributed by atoms with Crippen molar-refractivity contribution in [3.8, 4) is 16.9 Å². The lowest BCUT2D eigenvalue weighted by atomic mass is 10.1. The smallest absolute Gasteiger partial charge is 0.274 e. The first kappa shape index (κ1) is 28.9. The summed E-state index contributed by atoms with van der Waals surface area (Å²) in [5, 5.41) is 4.21. The fourth-order valence-electron chi connectivity index (χ4n) is 4.57. The number of carbonyl (C=O) groups excluding carboxylic acids is 1. The van der Waals surface area contributed by atoms with Crippen molar-refractivity contribution in [2.75, 3.05) is 19.8 Å². The molecule has 0 saturated heterocycles. The molecule has 42 heavy (non-hydrogen) atoms. The van der Waals surface area contributed by atoms with E-state index in [1.54, 1.807) is 49.4 Å². The van der Waals surface area contributed by atoms with E-state index < -0.39 is 22.0 Å². The molecular weight excluding hydrogens is 576 g/mol. The van der Waals surface area contributed by atoms with Gasteiger partial charge in [-0.05, 0) is 48.7 Å². The van der Waals surface area contributed by atoms with E-state index in [1.807, 2.05) is 24.3 Å². The molecule has 2 heterocycles. The number of para-hydroxylation sites is 1. The van der Waals surface area contributed by atoms with Crippen LogP contribution in [0.1, 0.15) is 29.1 Å². The molecule has 0 saturated carbocycles. The van der Waals surface area contributed by atoms with E-state index in [1.165, 1.54) is 37.0 Å². The molecular formula is C30H27ClN6O4S. The monoisotopic (exact) mass is 602 g/mol. The van der Waals surface area contributed by atoms with Gasteiger partial charge in [0.1, 0.15) is 0 Å². The Morgan fingerprint density at radius 2 is 1.74 bits per heavy atom. The number of amides is 1. The molecule has 2 aromatic heterocycles. The summed E-state index contributed by atoms with van der Waals surface area (Å²) in [6.45, 7) is 1.74. The molecule has 3 aromatic carbocycles. The van der Waals surface area contributed by atoms with Crippen LogP contribution in [0, 0.1) is 0 Å². The van der Waals surface area contributed by atoms with Crippen molar-refractivity contribution in [1.29, 1.82) is 0 Å². The number of benzene rings is 3. The number of nitrogens with two attached hydrogens (primary N) is 1. The Kier molecular flexibility index (Phi) is 7.83. The van der Waals surface area contributed by atoms with Gasteiger partial charge in [0.2, 0.25) is 10.0 Å². The van der Waals surface area contributed by atoms with Crippen LogP contribution in [-0.4, -0.2) is 47.3 Å². The molecule has 0 unspecified atom stereocenters. The van der Waals surface area contributed by atoms with Crippen molar-refractivity contribution < 1.29 is 13.2 Å². The van der Waals surface area contributed by atoms with Gasteiger partial charge in [0.15, 0.2) is 11.5 Å². The zero-order chi connectivity index (χ0) is 30.2. The summed E-state index contributed by atoms with van der Waals surface area (Å²) in [4.78, 5) is 35.8. The largest absolute Gasteiger partial charge is 0.382 e. The molecule has 0 spiro atoms. The second-order valence-corrected chi connectivity index (χ2v) is 12.3. The lowest BCUT2D eigenvalue weighted by Gasteiger charge is -2.21. The van der Waals surface area contributed by atoms with E-state index >= 15 is 0 Å². The van der Waals surface area contributed by atoms with Gasteiger partial charge in [0.05, 0.1) is 33.2 Å². The van der Waals surface area contributed by atoms with E-state index in [2.05, 4.69) is 15.3 Å². The fourth-order valence-corrected chi connectivity index (χ4v) is 5.78. The highest BCUT2D eigenvalue weighted by Crippen LogP contribution is 2.27. The minimum atomic E-state index is -3.69. The first-order chi connectivity index (χ1) is 20.0. The average molecular weight is 603 g/mol. The first-order valence-corrected chi connectivity index (χ1v) is 14.7. The third-order valence-electron chi connectivity index (χ3n) is 6.75. The van der Waals surface area contributed by atoms with Crippen molar-refractivity contribution in [2.24, 2.45) is 0 Å². The molecule has 5 aromatic rings. The fraction of sp³-hybridized carbons (Fsp3) is 0.133. The Bertz CT molecular complexity index is 2000. The Labute approximate surface area is 247 Å². The summed E-state index contributed by atoms with van der Waals surface area (Å²) in [6, 6.07) is 21.6. The van der Waals surface area contributed by atoms with E-state index in [9.17, 15) is 18.0 Å². The summed E-state index contributed by atoms with van der Waals surface area (Å²) in [6.07, 6.45) is 1.37. The highest BCUT2D eigenvalue weighted by atomic mass is 35.5. The summed E-state index contributed by atoms with van der Waals surface area (Å²) in [5.41, 5.74) is 7.41. The van der Waals surface area contributed by atoms with Crippen LogP contribution in [0.4, 0.5) is 5.82 Å². The Hall–Kier alpha value is -4.58. The highest BCUT2D eigenvalue weighted by molar-refractivity contribution is 7.89. The number of fused-ring (bicyclic) bond motifs is 1. The number of nitrogens with zero attached hydrogens (tertiary/aromatic N) is 4. The number of pyridine rings is 1. The summed E-state index contributed by atoms with van der Waals surface area (Å²) in [7, 11) is -0.811. The number of nitrogen functional groups attached to an aromatic ring is 1. The second-order valence-electron chi connectivity index (χ2n) is 9.75. The van der Waals surface area contributed by atoms with Crippen LogP contribution in [0.2, 0.25) is 5.02 Å². The molecule has 0 bridgehead atoms. The van der Waals surface area contributed by atoms with Crippen LogP contribution in [0.25, 0.3) is 27.7 Å². The zero-order valence-corrected chi connectivity index (χ0v) is 24.5. The minimum Gasteiger partial charge on any atom is -0.382 e.